The minimum absolute atomic E-state index is 0.253. The summed E-state index contributed by atoms with van der Waals surface area (Å²) in [5, 5.41) is 8.69. The molecule has 0 amide bonds. The third-order valence-corrected chi connectivity index (χ3v) is 3.52. The van der Waals surface area contributed by atoms with Gasteiger partial charge in [0, 0.05) is 30.6 Å². The van der Waals surface area contributed by atoms with Crippen molar-refractivity contribution in [2.24, 2.45) is 12.9 Å². The van der Waals surface area contributed by atoms with E-state index in [1.165, 1.54) is 12.1 Å². The van der Waals surface area contributed by atoms with Crippen molar-refractivity contribution in [2.75, 3.05) is 0 Å². The third-order valence-electron chi connectivity index (χ3n) is 3.52. The number of furan rings is 1. The fraction of sp³-hybridized carbons (Fsp3) is 0.286. The predicted octanol–water partition coefficient (Wildman–Crippen LogP) is 1.76. The Morgan fingerprint density at radius 2 is 2.29 bits per heavy atom. The number of hydrazine groups is 1. The van der Waals surface area contributed by atoms with E-state index >= 15 is 0 Å². The lowest BCUT2D eigenvalue weighted by Crippen LogP contribution is -2.29. The molecular weight excluding hydrogens is 273 g/mol. The molecule has 0 saturated heterocycles. The van der Waals surface area contributed by atoms with E-state index in [9.17, 15) is 4.39 Å². The van der Waals surface area contributed by atoms with Crippen molar-refractivity contribution in [3.05, 3.63) is 47.2 Å². The smallest absolute Gasteiger partial charge is 0.134 e. The van der Waals surface area contributed by atoms with Gasteiger partial charge in [0.25, 0.3) is 0 Å². The van der Waals surface area contributed by atoms with Crippen molar-refractivity contribution < 1.29 is 8.81 Å². The average molecular weight is 289 g/mol. The van der Waals surface area contributed by atoms with Gasteiger partial charge >= 0.3 is 0 Å². The number of fused-ring (bicyclic) bond motifs is 1. The van der Waals surface area contributed by atoms with Gasteiger partial charge in [-0.1, -0.05) is 5.21 Å². The van der Waals surface area contributed by atoms with E-state index in [1.54, 1.807) is 17.8 Å². The molecule has 3 aromatic rings. The van der Waals surface area contributed by atoms with Crippen molar-refractivity contribution in [1.82, 2.24) is 20.4 Å². The fourth-order valence-corrected chi connectivity index (χ4v) is 2.47. The molecule has 3 N–H and O–H groups in total. The number of halogens is 1. The first kappa shape index (κ1) is 13.7. The second-order valence-electron chi connectivity index (χ2n) is 5.04. The SMILES string of the molecule is Cc1c(C(Cc2cn(C)nn2)NN)oc2ccc(F)cc12. The standard InChI is InChI=1S/C14H16FN5O/c1-8-11-5-9(15)3-4-13(11)21-14(8)12(17-16)6-10-7-20(2)19-18-10/h3-5,7,12,17H,6,16H2,1-2H3. The van der Waals surface area contributed by atoms with Crippen LogP contribution in [0.25, 0.3) is 11.0 Å². The van der Waals surface area contributed by atoms with E-state index in [4.69, 9.17) is 10.3 Å². The number of nitrogens with zero attached hydrogens (tertiary/aromatic N) is 3. The summed E-state index contributed by atoms with van der Waals surface area (Å²) in [6.45, 7) is 1.89. The van der Waals surface area contributed by atoms with Crippen LogP contribution in [0.1, 0.15) is 23.1 Å². The molecule has 0 spiro atoms. The van der Waals surface area contributed by atoms with Crippen LogP contribution in [0.3, 0.4) is 0 Å². The minimum Gasteiger partial charge on any atom is -0.459 e. The minimum atomic E-state index is -0.288. The molecule has 0 radical (unpaired) electrons. The maximum absolute atomic E-state index is 13.4. The van der Waals surface area contributed by atoms with E-state index in [0.717, 1.165) is 16.6 Å². The Bertz CT molecular complexity index is 779. The highest BCUT2D eigenvalue weighted by molar-refractivity contribution is 5.82. The second kappa shape index (κ2) is 5.27. The zero-order valence-electron chi connectivity index (χ0n) is 11.8. The maximum atomic E-state index is 13.4. The molecule has 3 rings (SSSR count). The molecule has 1 unspecified atom stereocenters. The van der Waals surface area contributed by atoms with Crippen LogP contribution >= 0.6 is 0 Å². The van der Waals surface area contributed by atoms with Gasteiger partial charge in [0.05, 0.1) is 11.7 Å². The number of benzene rings is 1. The van der Waals surface area contributed by atoms with Gasteiger partial charge < -0.3 is 4.42 Å². The molecule has 0 bridgehead atoms. The average Bonchev–Trinajstić information content (AvgIpc) is 3.01. The quantitative estimate of drug-likeness (QED) is 0.565. The largest absolute Gasteiger partial charge is 0.459 e. The number of nitrogens with one attached hydrogen (secondary N) is 1. The first-order chi connectivity index (χ1) is 10.1. The van der Waals surface area contributed by atoms with Gasteiger partial charge in [-0.2, -0.15) is 0 Å². The lowest BCUT2D eigenvalue weighted by atomic mass is 10.0. The van der Waals surface area contributed by atoms with E-state index in [0.29, 0.717) is 17.8 Å². The molecule has 0 fully saturated rings. The molecule has 0 aliphatic heterocycles. The van der Waals surface area contributed by atoms with Gasteiger partial charge in [-0.05, 0) is 25.1 Å². The number of aromatic nitrogens is 3. The summed E-state index contributed by atoms with van der Waals surface area (Å²) in [6.07, 6.45) is 2.36. The molecule has 110 valence electrons. The lowest BCUT2D eigenvalue weighted by molar-refractivity contribution is 0.429. The zero-order valence-corrected chi connectivity index (χ0v) is 11.8. The highest BCUT2D eigenvalue weighted by Crippen LogP contribution is 2.31. The number of rotatable bonds is 4. The Labute approximate surface area is 120 Å². The third kappa shape index (κ3) is 2.53. The molecule has 7 heteroatoms. The molecule has 0 aliphatic carbocycles. The molecule has 6 nitrogen and oxygen atoms in total. The number of hydrogen-bond acceptors (Lipinski definition) is 5. The normalized spacial score (nSPS) is 13.0. The summed E-state index contributed by atoms with van der Waals surface area (Å²) >= 11 is 0. The van der Waals surface area contributed by atoms with Crippen LogP contribution in [-0.4, -0.2) is 15.0 Å². The van der Waals surface area contributed by atoms with Gasteiger partial charge in [-0.3, -0.25) is 10.5 Å². The first-order valence-electron chi connectivity index (χ1n) is 6.58. The highest BCUT2D eigenvalue weighted by atomic mass is 19.1. The molecule has 2 aromatic heterocycles. The molecule has 1 atom stereocenters. The number of hydrogen-bond donors (Lipinski definition) is 2. The van der Waals surface area contributed by atoms with Crippen molar-refractivity contribution in [3.63, 3.8) is 0 Å². The van der Waals surface area contributed by atoms with Crippen LogP contribution in [0, 0.1) is 12.7 Å². The molecule has 0 aliphatic rings. The Hall–Kier alpha value is -2.25. The van der Waals surface area contributed by atoms with Crippen LogP contribution in [0.4, 0.5) is 4.39 Å². The van der Waals surface area contributed by atoms with Crippen LogP contribution in [0.2, 0.25) is 0 Å². The van der Waals surface area contributed by atoms with Crippen LogP contribution in [0.5, 0.6) is 0 Å². The van der Waals surface area contributed by atoms with Crippen molar-refractivity contribution >= 4 is 11.0 Å². The van der Waals surface area contributed by atoms with E-state index in [1.807, 2.05) is 13.1 Å². The van der Waals surface area contributed by atoms with E-state index in [-0.39, 0.29) is 11.9 Å². The van der Waals surface area contributed by atoms with Gasteiger partial charge in [0.2, 0.25) is 0 Å². The summed E-state index contributed by atoms with van der Waals surface area (Å²) in [4.78, 5) is 0. The van der Waals surface area contributed by atoms with E-state index in [2.05, 4.69) is 15.7 Å². The molecular formula is C14H16FN5O. The first-order valence-corrected chi connectivity index (χ1v) is 6.58. The molecule has 2 heterocycles. The summed E-state index contributed by atoms with van der Waals surface area (Å²) in [5.74, 6) is 6.04. The van der Waals surface area contributed by atoms with Crippen molar-refractivity contribution in [2.45, 2.75) is 19.4 Å². The van der Waals surface area contributed by atoms with Gasteiger partial charge in [-0.15, -0.1) is 5.10 Å². The van der Waals surface area contributed by atoms with Crippen LogP contribution in [0.15, 0.2) is 28.8 Å². The number of aryl methyl sites for hydroxylation is 2. The topological polar surface area (TPSA) is 81.9 Å². The Morgan fingerprint density at radius 3 is 2.95 bits per heavy atom. The van der Waals surface area contributed by atoms with Crippen LogP contribution in [-0.2, 0) is 13.5 Å². The van der Waals surface area contributed by atoms with Crippen LogP contribution < -0.4 is 11.3 Å². The Kier molecular flexibility index (Phi) is 3.44. The fourth-order valence-electron chi connectivity index (χ4n) is 2.47. The molecule has 21 heavy (non-hydrogen) atoms. The highest BCUT2D eigenvalue weighted by Gasteiger charge is 2.21. The summed E-state index contributed by atoms with van der Waals surface area (Å²) in [7, 11) is 1.80. The van der Waals surface area contributed by atoms with Crippen molar-refractivity contribution in [1.29, 1.82) is 0 Å². The van der Waals surface area contributed by atoms with Crippen molar-refractivity contribution in [3.8, 4) is 0 Å². The molecule has 0 saturated carbocycles. The molecule has 1 aromatic carbocycles. The Morgan fingerprint density at radius 1 is 1.48 bits per heavy atom. The predicted molar refractivity (Wildman–Crippen MR) is 75.7 cm³/mol. The summed E-state index contributed by atoms with van der Waals surface area (Å²) in [5.41, 5.74) is 5.04. The second-order valence-corrected chi connectivity index (χ2v) is 5.04. The monoisotopic (exact) mass is 289 g/mol. The zero-order chi connectivity index (χ0) is 15.0. The lowest BCUT2D eigenvalue weighted by Gasteiger charge is -2.12. The maximum Gasteiger partial charge on any atom is 0.134 e. The van der Waals surface area contributed by atoms with Gasteiger partial charge in [0.15, 0.2) is 0 Å². The van der Waals surface area contributed by atoms with E-state index < -0.39 is 0 Å². The van der Waals surface area contributed by atoms with Gasteiger partial charge in [-0.25, -0.2) is 9.82 Å². The van der Waals surface area contributed by atoms with Gasteiger partial charge in [0.1, 0.15) is 17.2 Å². The number of nitrogens with two attached hydrogens (primary N) is 1. The Balaban J connectivity index is 1.98. The summed E-state index contributed by atoms with van der Waals surface area (Å²) < 4.78 is 20.8. The summed E-state index contributed by atoms with van der Waals surface area (Å²) in [6, 6.07) is 4.21.